The highest BCUT2D eigenvalue weighted by Crippen LogP contribution is 2.27. The van der Waals surface area contributed by atoms with E-state index < -0.39 is 5.60 Å². The Labute approximate surface area is 161 Å². The molecule has 0 radical (unpaired) electrons. The third-order valence-electron chi connectivity index (χ3n) is 5.08. The van der Waals surface area contributed by atoms with Crippen LogP contribution in [0.2, 0.25) is 0 Å². The number of rotatable bonds is 5. The summed E-state index contributed by atoms with van der Waals surface area (Å²) in [6.45, 7) is 3.41. The highest BCUT2D eigenvalue weighted by molar-refractivity contribution is 7.10. The zero-order chi connectivity index (χ0) is 18.9. The fourth-order valence-corrected chi connectivity index (χ4v) is 4.19. The van der Waals surface area contributed by atoms with Gasteiger partial charge in [0.05, 0.1) is 6.54 Å². The number of nitrogens with one attached hydrogen (secondary N) is 1. The van der Waals surface area contributed by atoms with Crippen LogP contribution in [0.15, 0.2) is 46.2 Å². The standard InChI is InChI=1S/C20H23N3O3S/c1-20(25,17-7-4-12-27-17)13-21-18(24)14-8-10-23(11-9-14)19-22-15-5-2-3-6-16(15)26-19/h2-7,12,14,25H,8-11,13H2,1H3,(H,21,24). The van der Waals surface area contributed by atoms with Crippen molar-refractivity contribution in [1.82, 2.24) is 10.3 Å². The van der Waals surface area contributed by atoms with Crippen LogP contribution in [0.4, 0.5) is 6.01 Å². The molecule has 0 spiro atoms. The molecule has 1 aliphatic heterocycles. The minimum absolute atomic E-state index is 0.00375. The summed E-state index contributed by atoms with van der Waals surface area (Å²) in [7, 11) is 0. The number of fused-ring (bicyclic) bond motifs is 1. The number of benzene rings is 1. The Morgan fingerprint density at radius 3 is 2.81 bits per heavy atom. The van der Waals surface area contributed by atoms with Crippen molar-refractivity contribution in [1.29, 1.82) is 0 Å². The van der Waals surface area contributed by atoms with E-state index in [-0.39, 0.29) is 18.4 Å². The van der Waals surface area contributed by atoms with Gasteiger partial charge in [-0.25, -0.2) is 0 Å². The van der Waals surface area contributed by atoms with E-state index in [0.29, 0.717) is 6.01 Å². The van der Waals surface area contributed by atoms with Gasteiger partial charge in [-0.1, -0.05) is 18.2 Å². The van der Waals surface area contributed by atoms with Crippen LogP contribution in [0.5, 0.6) is 0 Å². The number of carbonyl (C=O) groups excluding carboxylic acids is 1. The van der Waals surface area contributed by atoms with E-state index in [1.165, 1.54) is 11.3 Å². The molecule has 1 aliphatic rings. The molecule has 2 aromatic heterocycles. The van der Waals surface area contributed by atoms with Crippen molar-refractivity contribution in [2.75, 3.05) is 24.5 Å². The number of hydrogen-bond acceptors (Lipinski definition) is 6. The monoisotopic (exact) mass is 385 g/mol. The quantitative estimate of drug-likeness (QED) is 0.705. The second-order valence-corrected chi connectivity index (χ2v) is 8.14. The lowest BCUT2D eigenvalue weighted by atomic mass is 9.95. The molecular formula is C20H23N3O3S. The molecule has 6 nitrogen and oxygen atoms in total. The fourth-order valence-electron chi connectivity index (χ4n) is 3.40. The lowest BCUT2D eigenvalue weighted by Crippen LogP contribution is -2.44. The molecule has 3 heterocycles. The third-order valence-corrected chi connectivity index (χ3v) is 6.20. The van der Waals surface area contributed by atoms with Crippen molar-refractivity contribution in [2.45, 2.75) is 25.4 Å². The van der Waals surface area contributed by atoms with Crippen LogP contribution in [0, 0.1) is 5.92 Å². The highest BCUT2D eigenvalue weighted by Gasteiger charge is 2.30. The number of aromatic nitrogens is 1. The number of anilines is 1. The summed E-state index contributed by atoms with van der Waals surface area (Å²) < 4.78 is 5.82. The first-order chi connectivity index (χ1) is 13.0. The molecule has 1 amide bonds. The summed E-state index contributed by atoms with van der Waals surface area (Å²) >= 11 is 1.49. The number of amides is 1. The number of piperidine rings is 1. The first kappa shape index (κ1) is 18.0. The Morgan fingerprint density at radius 2 is 2.11 bits per heavy atom. The summed E-state index contributed by atoms with van der Waals surface area (Å²) in [6.07, 6.45) is 1.48. The van der Waals surface area contributed by atoms with Crippen molar-refractivity contribution in [3.05, 3.63) is 46.7 Å². The van der Waals surface area contributed by atoms with Crippen LogP contribution in [0.25, 0.3) is 11.1 Å². The zero-order valence-electron chi connectivity index (χ0n) is 15.2. The molecule has 0 saturated carbocycles. The summed E-state index contributed by atoms with van der Waals surface area (Å²) in [5, 5.41) is 15.4. The number of aliphatic hydroxyl groups is 1. The minimum atomic E-state index is -1.04. The molecule has 1 saturated heterocycles. The van der Waals surface area contributed by atoms with Gasteiger partial charge in [0.1, 0.15) is 11.1 Å². The van der Waals surface area contributed by atoms with Crippen LogP contribution in [0.3, 0.4) is 0 Å². The Balaban J connectivity index is 1.31. The van der Waals surface area contributed by atoms with Crippen LogP contribution < -0.4 is 10.2 Å². The van der Waals surface area contributed by atoms with Crippen molar-refractivity contribution >= 4 is 34.4 Å². The number of hydrogen-bond donors (Lipinski definition) is 2. The van der Waals surface area contributed by atoms with Crippen LogP contribution >= 0.6 is 11.3 Å². The molecule has 1 fully saturated rings. The van der Waals surface area contributed by atoms with Gasteiger partial charge in [0.25, 0.3) is 6.01 Å². The Bertz CT molecular complexity index is 879. The van der Waals surface area contributed by atoms with E-state index in [0.717, 1.165) is 41.9 Å². The molecule has 1 aromatic carbocycles. The third kappa shape index (κ3) is 3.84. The maximum Gasteiger partial charge on any atom is 0.298 e. The Morgan fingerprint density at radius 1 is 1.33 bits per heavy atom. The summed E-state index contributed by atoms with van der Waals surface area (Å²) in [6, 6.07) is 12.1. The second-order valence-electron chi connectivity index (χ2n) is 7.19. The maximum absolute atomic E-state index is 12.5. The number of carbonyl (C=O) groups is 1. The zero-order valence-corrected chi connectivity index (χ0v) is 16.0. The SMILES string of the molecule is CC(O)(CNC(=O)C1CCN(c2nc3ccccc3o2)CC1)c1cccs1. The van der Waals surface area contributed by atoms with Crippen molar-refractivity contribution < 1.29 is 14.3 Å². The predicted octanol–water partition coefficient (Wildman–Crippen LogP) is 3.13. The molecule has 2 N–H and O–H groups in total. The maximum atomic E-state index is 12.5. The van der Waals surface area contributed by atoms with E-state index in [9.17, 15) is 9.90 Å². The average Bonchev–Trinajstić information content (AvgIpc) is 3.36. The number of nitrogens with zero attached hydrogens (tertiary/aromatic N) is 2. The van der Waals surface area contributed by atoms with Gasteiger partial charge in [-0.05, 0) is 43.3 Å². The molecule has 7 heteroatoms. The lowest BCUT2D eigenvalue weighted by molar-refractivity contribution is -0.126. The normalized spacial score (nSPS) is 17.8. The molecule has 1 atom stereocenters. The van der Waals surface area contributed by atoms with E-state index in [1.807, 2.05) is 41.8 Å². The van der Waals surface area contributed by atoms with Crippen LogP contribution in [-0.2, 0) is 10.4 Å². The molecule has 27 heavy (non-hydrogen) atoms. The van der Waals surface area contributed by atoms with Gasteiger partial charge in [0, 0.05) is 23.9 Å². The van der Waals surface area contributed by atoms with E-state index in [2.05, 4.69) is 15.2 Å². The van der Waals surface area contributed by atoms with Crippen molar-refractivity contribution in [3.63, 3.8) is 0 Å². The van der Waals surface area contributed by atoms with Gasteiger partial charge < -0.3 is 19.7 Å². The van der Waals surface area contributed by atoms with E-state index in [4.69, 9.17) is 4.42 Å². The fraction of sp³-hybridized carbons (Fsp3) is 0.400. The number of para-hydroxylation sites is 2. The number of oxazole rings is 1. The smallest absolute Gasteiger partial charge is 0.298 e. The van der Waals surface area contributed by atoms with E-state index >= 15 is 0 Å². The average molecular weight is 385 g/mol. The molecule has 0 bridgehead atoms. The highest BCUT2D eigenvalue weighted by atomic mass is 32.1. The summed E-state index contributed by atoms with van der Waals surface area (Å²) in [5.74, 6) is -0.0474. The summed E-state index contributed by atoms with van der Waals surface area (Å²) in [4.78, 5) is 20.0. The Kier molecular flexibility index (Phi) is 4.88. The molecule has 142 valence electrons. The topological polar surface area (TPSA) is 78.6 Å². The lowest BCUT2D eigenvalue weighted by Gasteiger charge is -2.31. The van der Waals surface area contributed by atoms with Gasteiger partial charge in [0.2, 0.25) is 5.91 Å². The molecule has 1 unspecified atom stereocenters. The minimum Gasteiger partial charge on any atom is -0.423 e. The van der Waals surface area contributed by atoms with Gasteiger partial charge in [-0.2, -0.15) is 4.98 Å². The molecular weight excluding hydrogens is 362 g/mol. The molecule has 4 rings (SSSR count). The second kappa shape index (κ2) is 7.32. The molecule has 0 aliphatic carbocycles. The largest absolute Gasteiger partial charge is 0.423 e. The van der Waals surface area contributed by atoms with Crippen LogP contribution in [-0.4, -0.2) is 35.6 Å². The Hall–Kier alpha value is -2.38. The van der Waals surface area contributed by atoms with Crippen molar-refractivity contribution in [3.8, 4) is 0 Å². The molecule has 3 aromatic rings. The van der Waals surface area contributed by atoms with E-state index in [1.54, 1.807) is 6.92 Å². The van der Waals surface area contributed by atoms with Crippen molar-refractivity contribution in [2.24, 2.45) is 5.92 Å². The van der Waals surface area contributed by atoms with Gasteiger partial charge >= 0.3 is 0 Å². The number of thiophene rings is 1. The summed E-state index contributed by atoms with van der Waals surface area (Å²) in [5.41, 5.74) is 0.592. The van der Waals surface area contributed by atoms with Gasteiger partial charge in [-0.15, -0.1) is 11.3 Å². The first-order valence-electron chi connectivity index (χ1n) is 9.17. The van der Waals surface area contributed by atoms with Gasteiger partial charge in [0.15, 0.2) is 5.58 Å². The predicted molar refractivity (Wildman–Crippen MR) is 106 cm³/mol. The van der Waals surface area contributed by atoms with Crippen LogP contribution in [0.1, 0.15) is 24.6 Å². The first-order valence-corrected chi connectivity index (χ1v) is 10.1. The van der Waals surface area contributed by atoms with Gasteiger partial charge in [-0.3, -0.25) is 4.79 Å².